The molecule has 0 unspecified atom stereocenters. The number of anilines is 2. The fourth-order valence-electron chi connectivity index (χ4n) is 1.51. The second-order valence-corrected chi connectivity index (χ2v) is 4.96. The normalized spacial score (nSPS) is 16.0. The van der Waals surface area contributed by atoms with Crippen LogP contribution in [-0.4, -0.2) is 23.2 Å². The van der Waals surface area contributed by atoms with Crippen molar-refractivity contribution in [2.45, 2.75) is 6.42 Å². The number of pyridine rings is 1. The van der Waals surface area contributed by atoms with Gasteiger partial charge in [-0.05, 0) is 31.9 Å². The van der Waals surface area contributed by atoms with Crippen molar-refractivity contribution in [2.75, 3.05) is 17.2 Å². The highest BCUT2D eigenvalue weighted by Crippen LogP contribution is 2.37. The molecule has 2 heterocycles. The highest BCUT2D eigenvalue weighted by molar-refractivity contribution is 9.11. The summed E-state index contributed by atoms with van der Waals surface area (Å²) in [6.45, 7) is 0.0553. The summed E-state index contributed by atoms with van der Waals surface area (Å²) in [5.74, 6) is -0.367. The van der Waals surface area contributed by atoms with Crippen LogP contribution in [0.1, 0.15) is 6.42 Å². The number of carbonyl (C=O) groups excluding carboxylic acids is 2. The molecule has 0 aromatic carbocycles. The van der Waals surface area contributed by atoms with Crippen molar-refractivity contribution in [3.05, 3.63) is 15.3 Å². The zero-order valence-electron chi connectivity index (χ0n) is 8.04. The van der Waals surface area contributed by atoms with Gasteiger partial charge in [0.05, 0.1) is 23.1 Å². The van der Waals surface area contributed by atoms with Crippen LogP contribution in [0.5, 0.6) is 0 Å². The Labute approximate surface area is 108 Å². The first-order valence-electron chi connectivity index (χ1n) is 4.42. The summed E-state index contributed by atoms with van der Waals surface area (Å²) >= 11 is 6.45. The number of halogens is 2. The van der Waals surface area contributed by atoms with Gasteiger partial charge in [-0.15, -0.1) is 0 Å². The van der Waals surface area contributed by atoms with Gasteiger partial charge in [-0.1, -0.05) is 0 Å². The lowest BCUT2D eigenvalue weighted by molar-refractivity contribution is -0.121. The van der Waals surface area contributed by atoms with Crippen molar-refractivity contribution in [1.82, 2.24) is 4.98 Å². The van der Waals surface area contributed by atoms with Crippen LogP contribution in [0.15, 0.2) is 15.3 Å². The monoisotopic (exact) mass is 347 g/mol. The lowest BCUT2D eigenvalue weighted by atomic mass is 10.3. The van der Waals surface area contributed by atoms with E-state index in [0.717, 1.165) is 0 Å². The quantitative estimate of drug-likeness (QED) is 0.616. The number of nitrogens with two attached hydrogens (primary N) is 1. The van der Waals surface area contributed by atoms with Crippen LogP contribution in [0.3, 0.4) is 0 Å². The molecule has 0 aliphatic carbocycles. The van der Waals surface area contributed by atoms with Gasteiger partial charge in [0.2, 0.25) is 5.91 Å². The molecule has 1 aliphatic rings. The Balaban J connectivity index is 2.52. The first-order valence-corrected chi connectivity index (χ1v) is 6.01. The number of rotatable bonds is 1. The van der Waals surface area contributed by atoms with Gasteiger partial charge in [-0.3, -0.25) is 9.59 Å². The molecule has 2 rings (SSSR count). The van der Waals surface area contributed by atoms with E-state index in [1.165, 1.54) is 11.1 Å². The molecule has 7 heteroatoms. The predicted octanol–water partition coefficient (Wildman–Crippen LogP) is 1.49. The third kappa shape index (κ3) is 1.84. The minimum absolute atomic E-state index is 0.0553. The van der Waals surface area contributed by atoms with Gasteiger partial charge >= 0.3 is 0 Å². The van der Waals surface area contributed by atoms with E-state index >= 15 is 0 Å². The molecule has 1 aromatic heterocycles. The highest BCUT2D eigenvalue weighted by atomic mass is 79.9. The lowest BCUT2D eigenvalue weighted by Gasteiger charge is -2.18. The van der Waals surface area contributed by atoms with Gasteiger partial charge < -0.3 is 10.6 Å². The van der Waals surface area contributed by atoms with E-state index in [0.29, 0.717) is 20.5 Å². The minimum atomic E-state index is -0.252. The summed E-state index contributed by atoms with van der Waals surface area (Å²) in [5, 5.41) is 0. The van der Waals surface area contributed by atoms with Gasteiger partial charge in [-0.25, -0.2) is 4.98 Å². The van der Waals surface area contributed by atoms with Crippen LogP contribution in [0, 0.1) is 0 Å². The molecule has 0 bridgehead atoms. The number of carbonyl (C=O) groups is 2. The van der Waals surface area contributed by atoms with Gasteiger partial charge in [-0.2, -0.15) is 0 Å². The molecular formula is C9H7Br2N3O2. The molecule has 5 nitrogen and oxygen atoms in total. The van der Waals surface area contributed by atoms with Crippen molar-refractivity contribution >= 4 is 54.9 Å². The van der Waals surface area contributed by atoms with Gasteiger partial charge in [0, 0.05) is 6.20 Å². The third-order valence-electron chi connectivity index (χ3n) is 2.25. The summed E-state index contributed by atoms with van der Waals surface area (Å²) in [7, 11) is 0. The smallest absolute Gasteiger partial charge is 0.235 e. The van der Waals surface area contributed by atoms with E-state index in [4.69, 9.17) is 5.73 Å². The maximum absolute atomic E-state index is 11.6. The van der Waals surface area contributed by atoms with Crippen LogP contribution < -0.4 is 10.6 Å². The summed E-state index contributed by atoms with van der Waals surface area (Å²) in [6.07, 6.45) is 1.46. The van der Waals surface area contributed by atoms with Crippen LogP contribution in [0.25, 0.3) is 0 Å². The Bertz CT molecular complexity index is 490. The predicted molar refractivity (Wildman–Crippen MR) is 66.0 cm³/mol. The number of ketones is 1. The maximum atomic E-state index is 11.6. The Morgan fingerprint density at radius 2 is 2.06 bits per heavy atom. The molecule has 0 atom stereocenters. The molecule has 2 N–H and O–H groups in total. The SMILES string of the molecule is Nc1c(Br)cnc(Br)c1N1CC(=O)CC1=O. The van der Waals surface area contributed by atoms with E-state index in [1.54, 1.807) is 0 Å². The Morgan fingerprint density at radius 3 is 2.62 bits per heavy atom. The molecule has 0 spiro atoms. The topological polar surface area (TPSA) is 76.3 Å². The Morgan fingerprint density at radius 1 is 1.38 bits per heavy atom. The highest BCUT2D eigenvalue weighted by Gasteiger charge is 2.31. The second kappa shape index (κ2) is 4.14. The number of Topliss-reactive ketones (excluding diaryl/α,β-unsaturated/α-hetero) is 1. The molecule has 1 aliphatic heterocycles. The van der Waals surface area contributed by atoms with E-state index in [-0.39, 0.29) is 24.7 Å². The maximum Gasteiger partial charge on any atom is 0.235 e. The number of hydrogen-bond donors (Lipinski definition) is 1. The fourth-order valence-corrected chi connectivity index (χ4v) is 2.33. The molecule has 1 saturated heterocycles. The van der Waals surface area contributed by atoms with Crippen LogP contribution in [0.2, 0.25) is 0 Å². The molecule has 1 fully saturated rings. The molecule has 1 aromatic rings. The fraction of sp³-hybridized carbons (Fsp3) is 0.222. The van der Waals surface area contributed by atoms with Crippen molar-refractivity contribution in [3.63, 3.8) is 0 Å². The molecule has 1 amide bonds. The number of nitrogens with zero attached hydrogens (tertiary/aromatic N) is 2. The van der Waals surface area contributed by atoms with E-state index in [1.807, 2.05) is 0 Å². The first kappa shape index (κ1) is 11.5. The number of amides is 1. The molecule has 16 heavy (non-hydrogen) atoms. The average molecular weight is 349 g/mol. The van der Waals surface area contributed by atoms with Crippen LogP contribution in [-0.2, 0) is 9.59 Å². The molecule has 84 valence electrons. The largest absolute Gasteiger partial charge is 0.396 e. The van der Waals surface area contributed by atoms with Crippen LogP contribution >= 0.6 is 31.9 Å². The molecular weight excluding hydrogens is 342 g/mol. The van der Waals surface area contributed by atoms with Crippen molar-refractivity contribution in [3.8, 4) is 0 Å². The first-order chi connectivity index (χ1) is 7.50. The third-order valence-corrected chi connectivity index (χ3v) is 3.47. The summed E-state index contributed by atoms with van der Waals surface area (Å²) < 4.78 is 1.05. The lowest BCUT2D eigenvalue weighted by Crippen LogP contribution is -2.26. The van der Waals surface area contributed by atoms with E-state index < -0.39 is 0 Å². The zero-order valence-corrected chi connectivity index (χ0v) is 11.2. The summed E-state index contributed by atoms with van der Waals surface area (Å²) in [4.78, 5) is 28.2. The average Bonchev–Trinajstić information content (AvgIpc) is 2.53. The van der Waals surface area contributed by atoms with Crippen LogP contribution in [0.4, 0.5) is 11.4 Å². The van der Waals surface area contributed by atoms with Crippen molar-refractivity contribution in [1.29, 1.82) is 0 Å². The molecule has 0 radical (unpaired) electrons. The van der Waals surface area contributed by atoms with Crippen molar-refractivity contribution < 1.29 is 9.59 Å². The summed E-state index contributed by atoms with van der Waals surface area (Å²) in [6, 6.07) is 0. The minimum Gasteiger partial charge on any atom is -0.396 e. The van der Waals surface area contributed by atoms with Gasteiger partial charge in [0.25, 0.3) is 0 Å². The Kier molecular flexibility index (Phi) is 2.98. The zero-order chi connectivity index (χ0) is 11.9. The number of aromatic nitrogens is 1. The van der Waals surface area contributed by atoms with E-state index in [2.05, 4.69) is 36.8 Å². The number of hydrogen-bond acceptors (Lipinski definition) is 4. The van der Waals surface area contributed by atoms with Crippen molar-refractivity contribution in [2.24, 2.45) is 0 Å². The second-order valence-electron chi connectivity index (χ2n) is 3.35. The standard InChI is InChI=1S/C9H7Br2N3O2/c10-5-2-13-9(11)8(7(5)12)14-3-4(15)1-6(14)16/h2H,1,3H2,(H2,12,13). The summed E-state index contributed by atoms with van der Waals surface area (Å²) in [5.41, 5.74) is 6.69. The number of nitrogen functional groups attached to an aromatic ring is 1. The Hall–Kier alpha value is -0.950. The van der Waals surface area contributed by atoms with E-state index in [9.17, 15) is 9.59 Å². The molecule has 0 saturated carbocycles. The van der Waals surface area contributed by atoms with Gasteiger partial charge in [0.1, 0.15) is 10.3 Å². The van der Waals surface area contributed by atoms with Gasteiger partial charge in [0.15, 0.2) is 5.78 Å².